The van der Waals surface area contributed by atoms with Crippen LogP contribution >= 0.6 is 39.1 Å². The Morgan fingerprint density at radius 2 is 1.81 bits per heavy atom. The molecule has 1 N–H and O–H groups in total. The molecule has 2 heterocycles. The number of hydrogen-bond acceptors (Lipinski definition) is 3. The maximum Gasteiger partial charge on any atom is 0.336 e. The van der Waals surface area contributed by atoms with Gasteiger partial charge in [0.15, 0.2) is 0 Å². The number of halogens is 3. The predicted molar refractivity (Wildman–Crippen MR) is 108 cm³/mol. The molecule has 27 heavy (non-hydrogen) atoms. The molecule has 3 aromatic rings. The van der Waals surface area contributed by atoms with E-state index in [0.29, 0.717) is 41.0 Å². The van der Waals surface area contributed by atoms with Gasteiger partial charge in [0.05, 0.1) is 30.6 Å². The molecule has 8 heteroatoms. The summed E-state index contributed by atoms with van der Waals surface area (Å²) in [6.45, 7) is 0.835. The molecule has 0 aliphatic carbocycles. The quantitative estimate of drug-likeness (QED) is 0.609. The molecule has 4 rings (SSSR count). The first kappa shape index (κ1) is 18.6. The monoisotopic (exact) mass is 468 g/mol. The van der Waals surface area contributed by atoms with Crippen molar-refractivity contribution in [2.75, 3.05) is 0 Å². The molecule has 1 aliphatic heterocycles. The van der Waals surface area contributed by atoms with Crippen LogP contribution in [0.1, 0.15) is 11.3 Å². The SMILES string of the molecule is O=c1n2c(c(O)n1-c1cc(Cl)cc(Cl)c1)C[C@@H](OCc1ccc(Br)cc1)C2. The molecule has 0 saturated heterocycles. The summed E-state index contributed by atoms with van der Waals surface area (Å²) < 4.78 is 9.69. The number of ether oxygens (including phenoxy) is 1. The summed E-state index contributed by atoms with van der Waals surface area (Å²) in [5, 5.41) is 11.4. The summed E-state index contributed by atoms with van der Waals surface area (Å²) in [4.78, 5) is 12.8. The molecule has 0 spiro atoms. The number of aromatic hydroxyl groups is 1. The topological polar surface area (TPSA) is 56.4 Å². The van der Waals surface area contributed by atoms with Gasteiger partial charge in [-0.1, -0.05) is 51.3 Å². The van der Waals surface area contributed by atoms with E-state index in [0.717, 1.165) is 10.0 Å². The van der Waals surface area contributed by atoms with Gasteiger partial charge in [-0.15, -0.1) is 0 Å². The Kier molecular flexibility index (Phi) is 5.07. The van der Waals surface area contributed by atoms with Gasteiger partial charge in [0.1, 0.15) is 0 Å². The van der Waals surface area contributed by atoms with E-state index in [4.69, 9.17) is 27.9 Å². The van der Waals surface area contributed by atoms with Crippen LogP contribution < -0.4 is 5.69 Å². The van der Waals surface area contributed by atoms with Gasteiger partial charge in [0.25, 0.3) is 0 Å². The summed E-state index contributed by atoms with van der Waals surface area (Å²) in [6, 6.07) is 12.6. The van der Waals surface area contributed by atoms with Gasteiger partial charge >= 0.3 is 5.69 Å². The standard InChI is InChI=1S/C19H15BrCl2N2O3/c20-12-3-1-11(2-4-12)10-27-16-8-17-18(25)24(19(26)23(17)9-16)15-6-13(21)5-14(22)7-15/h1-7,16,25H,8-10H2/t16-/m1/s1. The maximum absolute atomic E-state index is 12.8. The molecule has 0 saturated carbocycles. The smallest absolute Gasteiger partial charge is 0.336 e. The summed E-state index contributed by atoms with van der Waals surface area (Å²) in [6.07, 6.45) is 0.290. The zero-order valence-corrected chi connectivity index (χ0v) is 17.1. The first-order valence-electron chi connectivity index (χ1n) is 8.28. The van der Waals surface area contributed by atoms with Crippen LogP contribution in [0.4, 0.5) is 0 Å². The van der Waals surface area contributed by atoms with Crippen molar-refractivity contribution in [3.63, 3.8) is 0 Å². The fourth-order valence-electron chi connectivity index (χ4n) is 3.26. The van der Waals surface area contributed by atoms with E-state index < -0.39 is 0 Å². The van der Waals surface area contributed by atoms with E-state index in [1.807, 2.05) is 24.3 Å². The average Bonchev–Trinajstić information content (AvgIpc) is 3.13. The Morgan fingerprint density at radius 3 is 2.44 bits per heavy atom. The Labute approximate surface area is 173 Å². The van der Waals surface area contributed by atoms with Crippen molar-refractivity contribution < 1.29 is 9.84 Å². The molecule has 140 valence electrons. The molecular weight excluding hydrogens is 455 g/mol. The lowest BCUT2D eigenvalue weighted by molar-refractivity contribution is 0.0409. The van der Waals surface area contributed by atoms with Crippen molar-refractivity contribution in [1.29, 1.82) is 0 Å². The van der Waals surface area contributed by atoms with Gasteiger partial charge in [-0.25, -0.2) is 9.36 Å². The zero-order valence-electron chi connectivity index (χ0n) is 14.0. The van der Waals surface area contributed by atoms with Gasteiger partial charge in [0, 0.05) is 20.9 Å². The highest BCUT2D eigenvalue weighted by molar-refractivity contribution is 9.10. The number of benzene rings is 2. The van der Waals surface area contributed by atoms with Crippen molar-refractivity contribution >= 4 is 39.1 Å². The van der Waals surface area contributed by atoms with Crippen LogP contribution in [-0.4, -0.2) is 20.3 Å². The van der Waals surface area contributed by atoms with Crippen LogP contribution in [0.25, 0.3) is 5.69 Å². The molecule has 0 fully saturated rings. The Morgan fingerprint density at radius 1 is 1.15 bits per heavy atom. The van der Waals surface area contributed by atoms with Crippen LogP contribution in [0.3, 0.4) is 0 Å². The second-order valence-corrected chi connectivity index (χ2v) is 8.18. The van der Waals surface area contributed by atoms with Crippen LogP contribution in [0, 0.1) is 0 Å². The van der Waals surface area contributed by atoms with Crippen LogP contribution in [-0.2, 0) is 24.3 Å². The van der Waals surface area contributed by atoms with Crippen LogP contribution in [0.5, 0.6) is 5.88 Å². The molecule has 0 unspecified atom stereocenters. The highest BCUT2D eigenvalue weighted by Gasteiger charge is 2.31. The zero-order chi connectivity index (χ0) is 19.1. The van der Waals surface area contributed by atoms with Gasteiger partial charge in [0.2, 0.25) is 5.88 Å². The average molecular weight is 470 g/mol. The number of hydrogen-bond donors (Lipinski definition) is 1. The van der Waals surface area contributed by atoms with Crippen molar-refractivity contribution in [1.82, 2.24) is 9.13 Å². The number of nitrogens with zero attached hydrogens (tertiary/aromatic N) is 2. The summed E-state index contributed by atoms with van der Waals surface area (Å²) >= 11 is 15.4. The molecule has 1 atom stereocenters. The first-order valence-corrected chi connectivity index (χ1v) is 9.83. The van der Waals surface area contributed by atoms with Gasteiger partial charge < -0.3 is 9.84 Å². The van der Waals surface area contributed by atoms with Crippen LogP contribution in [0.2, 0.25) is 10.0 Å². The van der Waals surface area contributed by atoms with E-state index in [1.54, 1.807) is 18.2 Å². The van der Waals surface area contributed by atoms with Crippen molar-refractivity contribution in [2.24, 2.45) is 0 Å². The normalized spacial score (nSPS) is 15.9. The number of imidazole rings is 1. The molecule has 0 amide bonds. The minimum Gasteiger partial charge on any atom is -0.493 e. The highest BCUT2D eigenvalue weighted by atomic mass is 79.9. The van der Waals surface area contributed by atoms with Gasteiger partial charge in [-0.05, 0) is 35.9 Å². The molecule has 0 bridgehead atoms. The van der Waals surface area contributed by atoms with E-state index in [9.17, 15) is 9.90 Å². The van der Waals surface area contributed by atoms with Crippen LogP contribution in [0.15, 0.2) is 51.7 Å². The number of aromatic nitrogens is 2. The fourth-order valence-corrected chi connectivity index (χ4v) is 4.04. The summed E-state index contributed by atoms with van der Waals surface area (Å²) in [7, 11) is 0. The minimum absolute atomic E-state index is 0.104. The lowest BCUT2D eigenvalue weighted by atomic mass is 10.2. The lowest BCUT2D eigenvalue weighted by Crippen LogP contribution is -2.26. The molecular formula is C19H15BrCl2N2O3. The minimum atomic E-state index is -0.337. The molecule has 5 nitrogen and oxygen atoms in total. The third-order valence-electron chi connectivity index (χ3n) is 4.53. The van der Waals surface area contributed by atoms with Crippen molar-refractivity contribution in [3.05, 3.63) is 78.7 Å². The maximum atomic E-state index is 12.8. The second kappa shape index (κ2) is 7.36. The number of rotatable bonds is 4. The van der Waals surface area contributed by atoms with Crippen molar-refractivity contribution in [2.45, 2.75) is 25.7 Å². The fraction of sp³-hybridized carbons (Fsp3) is 0.211. The largest absolute Gasteiger partial charge is 0.493 e. The first-order chi connectivity index (χ1) is 12.9. The Hall–Kier alpha value is -1.73. The van der Waals surface area contributed by atoms with E-state index in [1.165, 1.54) is 9.13 Å². The number of fused-ring (bicyclic) bond motifs is 1. The third kappa shape index (κ3) is 3.67. The predicted octanol–water partition coefficient (Wildman–Crippen LogP) is 4.56. The molecule has 2 aromatic carbocycles. The second-order valence-electron chi connectivity index (χ2n) is 6.39. The summed E-state index contributed by atoms with van der Waals surface area (Å²) in [5.74, 6) is -0.104. The van der Waals surface area contributed by atoms with Gasteiger partial charge in [-0.2, -0.15) is 0 Å². The molecule has 0 radical (unpaired) electrons. The third-order valence-corrected chi connectivity index (χ3v) is 5.49. The molecule has 1 aromatic heterocycles. The lowest BCUT2D eigenvalue weighted by Gasteiger charge is -2.12. The Balaban J connectivity index is 1.54. The van der Waals surface area contributed by atoms with E-state index in [-0.39, 0.29) is 17.7 Å². The molecule has 1 aliphatic rings. The van der Waals surface area contributed by atoms with Crippen molar-refractivity contribution in [3.8, 4) is 11.6 Å². The van der Waals surface area contributed by atoms with E-state index >= 15 is 0 Å². The summed E-state index contributed by atoms with van der Waals surface area (Å²) in [5.41, 5.74) is 1.70. The Bertz CT molecular complexity index is 1040. The van der Waals surface area contributed by atoms with E-state index in [2.05, 4.69) is 15.9 Å². The highest BCUT2D eigenvalue weighted by Crippen LogP contribution is 2.30. The van der Waals surface area contributed by atoms with Gasteiger partial charge in [-0.3, -0.25) is 4.57 Å².